The van der Waals surface area contributed by atoms with Crippen LogP contribution in [0.5, 0.6) is 23.0 Å². The van der Waals surface area contributed by atoms with Crippen LogP contribution in [-0.4, -0.2) is 115 Å². The number of aromatic nitrogens is 8. The highest BCUT2D eigenvalue weighted by Gasteiger charge is 2.44. The molecule has 4 N–H and O–H groups in total. The smallest absolute Gasteiger partial charge is 0.339 e. The van der Waals surface area contributed by atoms with E-state index in [1.165, 1.54) is 71.1 Å². The van der Waals surface area contributed by atoms with Crippen LogP contribution in [0.25, 0.3) is 196 Å². The minimum absolute atomic E-state index is 0.0161. The fourth-order valence-electron chi connectivity index (χ4n) is 18.3. The molecule has 568 valence electrons. The number of rotatable bonds is 6. The largest absolute Gasteiger partial charge is 0.378 e. The minimum Gasteiger partial charge on any atom is -0.378 e. The number of fused-ring (bicyclic) bond motifs is 16. The van der Waals surface area contributed by atoms with E-state index in [0.29, 0.717) is 22.5 Å². The number of pyridine rings is 4. The summed E-state index contributed by atoms with van der Waals surface area (Å²) < 4.78 is 248. The van der Waals surface area contributed by atoms with Crippen molar-refractivity contribution in [3.05, 3.63) is 163 Å². The van der Waals surface area contributed by atoms with Crippen LogP contribution in [0.3, 0.4) is 0 Å². The van der Waals surface area contributed by atoms with E-state index in [9.17, 15) is 91.8 Å². The Hall–Kier alpha value is -12.8. The van der Waals surface area contributed by atoms with Gasteiger partial charge >= 0.3 is 40.5 Å². The topological polar surface area (TPSA) is 513 Å². The van der Waals surface area contributed by atoms with Crippen LogP contribution in [0.1, 0.15) is 0 Å². The van der Waals surface area contributed by atoms with Crippen molar-refractivity contribution in [3.63, 3.8) is 0 Å². The summed E-state index contributed by atoms with van der Waals surface area (Å²) in [5.74, 6) is -1.15. The Bertz CT molecular complexity index is 10000. The number of benzene rings is 14. The van der Waals surface area contributed by atoms with Gasteiger partial charge in [0.25, 0.3) is 52.6 Å². The van der Waals surface area contributed by atoms with E-state index in [4.69, 9.17) is 27.0 Å². The monoisotopic (exact) mass is 1700 g/mol. The Labute approximate surface area is 640 Å². The third-order valence-corrected chi connectivity index (χ3v) is 30.6. The van der Waals surface area contributed by atoms with Gasteiger partial charge < -0.3 is 16.7 Å². The molecule has 22 aromatic rings. The molecule has 0 bridgehead atoms. The van der Waals surface area contributed by atoms with Crippen molar-refractivity contribution in [1.82, 2.24) is 37.5 Å². The molecular weight excluding hydrogens is 1680 g/mol. The first-order valence-electron chi connectivity index (χ1n) is 33.4. The molecule has 0 spiro atoms. The van der Waals surface area contributed by atoms with E-state index in [1.807, 2.05) is 0 Å². The van der Waals surface area contributed by atoms with Crippen LogP contribution in [0.2, 0.25) is 0 Å². The first-order valence-corrected chi connectivity index (χ1v) is 44.1. The lowest BCUT2D eigenvalue weighted by molar-refractivity contribution is -0.432. The van der Waals surface area contributed by atoms with Gasteiger partial charge in [-0.05, 0) is 121 Å². The molecule has 36 nitrogen and oxygen atoms in total. The SMILES string of the molecule is O=c1c2cc3c4c5c(cc6c(=O)n7c8cc(S(=O)(=O)O)ccc8nc7c7cc8c(c9c(cc(c2c94)c2nc4ccc(S(=O)(=O)O)cc4n12)OS8(=O)=O)c5c67)OS3(=O)=O.O=c1c2cc3c4c5c(cc6c7c(cc8c(c9c(cc(c2c49)c2nc4ccc(SOOO)cc4n12)S(=O)(=O)O8)c57)c(=O)n1c2cc(S(=O)(=O)O)ccc2nc61)S(=O)(=O)O3. The highest BCUT2D eigenvalue weighted by Crippen LogP contribution is 2.61. The molecule has 0 saturated heterocycles. The van der Waals surface area contributed by atoms with Crippen molar-refractivity contribution >= 4 is 279 Å². The summed E-state index contributed by atoms with van der Waals surface area (Å²) >= 11 is 0.643. The number of imidazole rings is 4. The van der Waals surface area contributed by atoms with Gasteiger partial charge in [0.1, 0.15) is 42.2 Å². The van der Waals surface area contributed by atoms with Crippen molar-refractivity contribution in [3.8, 4) is 23.0 Å². The predicted octanol–water partition coefficient (Wildman–Crippen LogP) is 8.98. The molecule has 4 aliphatic rings. The van der Waals surface area contributed by atoms with E-state index in [1.54, 1.807) is 12.1 Å². The lowest BCUT2D eigenvalue weighted by Gasteiger charge is -2.28. The van der Waals surface area contributed by atoms with Gasteiger partial charge in [-0.1, -0.05) is 5.04 Å². The maximum Gasteiger partial charge on any atom is 0.339 e. The Morgan fingerprint density at radius 3 is 0.845 bits per heavy atom. The standard InChI is InChI=1S/2C36H12N4O14S4/c41-35-15-7-21-27-30-24(58(49,50)51-21)10-14-26-16(36(42)40-20-6-12(56(44,45)46)2-4-18(20)38-34(14)40)8-22-28(32(26)30)29-23(57(47,48)52-22)9-13(25(15)31(27)29)33-37-17-3-1-11(55-54-53-43)5-19(17)39(33)35;41-35-15-8-22-28-30-24(58(51,52)54-22)10-16-25-13(33-37-17-3-1-11(55(43,44)45)5-19(17)39(33)36(16)42)7-21-27(31(25)30)29-23(57(49,50)53-21)9-14(26(15)32(28)29)34-38-18-4-2-12(56(46,47)48)6-20(18)40(34)35/h1-10,43H,(H,44,45,46);1-10H,(H,43,44,45)(H,46,47,48). The van der Waals surface area contributed by atoms with E-state index in [0.717, 1.165) is 55.7 Å². The van der Waals surface area contributed by atoms with Gasteiger partial charge in [0.05, 0.1) is 92.4 Å². The van der Waals surface area contributed by atoms with Gasteiger partial charge in [-0.15, -0.1) is 4.33 Å². The quantitative estimate of drug-likeness (QED) is 0.0229. The molecule has 0 unspecified atom stereocenters. The molecule has 0 amide bonds. The fraction of sp³-hybridized carbons (Fsp3) is 0. The summed E-state index contributed by atoms with van der Waals surface area (Å²) in [6, 6.07) is 25.0. The normalized spacial score (nSPS) is 16.2. The summed E-state index contributed by atoms with van der Waals surface area (Å²) in [6.45, 7) is 0. The van der Waals surface area contributed by atoms with Gasteiger partial charge in [0, 0.05) is 113 Å². The van der Waals surface area contributed by atoms with Crippen LogP contribution in [0.15, 0.2) is 180 Å². The summed E-state index contributed by atoms with van der Waals surface area (Å²) in [5, 5.41) is 14.8. The average molecular weight is 1710 g/mol. The van der Waals surface area contributed by atoms with E-state index < -0.39 is 113 Å². The lowest BCUT2D eigenvalue weighted by Crippen LogP contribution is -2.21. The average Bonchev–Trinajstić information content (AvgIpc) is 0.918. The second-order valence-corrected chi connectivity index (χ2v) is 39.2. The van der Waals surface area contributed by atoms with Crippen molar-refractivity contribution in [1.29, 1.82) is 0 Å². The third-order valence-electron chi connectivity index (χ3n) is 22.5. The zero-order valence-electron chi connectivity index (χ0n) is 56.0. The summed E-state index contributed by atoms with van der Waals surface area (Å²) in [6.07, 6.45) is 0. The van der Waals surface area contributed by atoms with E-state index in [2.05, 4.69) is 24.3 Å². The van der Waals surface area contributed by atoms with Crippen LogP contribution in [0.4, 0.5) is 0 Å². The minimum atomic E-state index is -4.81. The van der Waals surface area contributed by atoms with Crippen molar-refractivity contribution in [2.45, 2.75) is 39.2 Å². The molecule has 0 fully saturated rings. The molecule has 4 aliphatic heterocycles. The molecule has 44 heteroatoms. The Morgan fingerprint density at radius 1 is 0.310 bits per heavy atom. The summed E-state index contributed by atoms with van der Waals surface area (Å²) in [4.78, 5) is 74.0. The van der Waals surface area contributed by atoms with Crippen LogP contribution in [0, 0.1) is 0 Å². The highest BCUT2D eigenvalue weighted by atomic mass is 32.2. The van der Waals surface area contributed by atoms with Crippen LogP contribution in [-0.2, 0) is 80.2 Å². The Morgan fingerprint density at radius 2 is 0.560 bits per heavy atom. The number of hydrogen-bond donors (Lipinski definition) is 4. The van der Waals surface area contributed by atoms with Gasteiger partial charge in [-0.3, -0.25) is 50.4 Å². The van der Waals surface area contributed by atoms with Gasteiger partial charge in [-0.2, -0.15) is 58.9 Å². The number of nitrogens with zero attached hydrogens (tertiary/aromatic N) is 8. The van der Waals surface area contributed by atoms with Crippen LogP contribution >= 0.6 is 12.0 Å². The van der Waals surface area contributed by atoms with Crippen molar-refractivity contribution in [2.75, 3.05) is 0 Å². The summed E-state index contributed by atoms with van der Waals surface area (Å²) in [7, 11) is -33.2. The van der Waals surface area contributed by atoms with Crippen LogP contribution < -0.4 is 39.0 Å². The first-order chi connectivity index (χ1) is 55.0. The molecule has 12 heterocycles. The van der Waals surface area contributed by atoms with Crippen molar-refractivity contribution in [2.24, 2.45) is 0 Å². The molecule has 0 aliphatic carbocycles. The second-order valence-electron chi connectivity index (χ2n) is 28.1. The molecule has 8 aromatic heterocycles. The molecular formula is C72H24N8O28S8. The lowest BCUT2D eigenvalue weighted by atomic mass is 9.85. The molecule has 0 atom stereocenters. The van der Waals surface area contributed by atoms with E-state index >= 15 is 0 Å². The maximum atomic E-state index is 14.6. The van der Waals surface area contributed by atoms with Gasteiger partial charge in [0.15, 0.2) is 23.0 Å². The summed E-state index contributed by atoms with van der Waals surface area (Å²) in [5.41, 5.74) is -2.25. The van der Waals surface area contributed by atoms with Gasteiger partial charge in [0.2, 0.25) is 0 Å². The maximum absolute atomic E-state index is 14.6. The molecule has 26 rings (SSSR count). The second kappa shape index (κ2) is 20.1. The zero-order chi connectivity index (χ0) is 79.8. The zero-order valence-corrected chi connectivity index (χ0v) is 62.5. The van der Waals surface area contributed by atoms with Gasteiger partial charge in [-0.25, -0.2) is 25.2 Å². The fourth-order valence-corrected chi connectivity index (χ4v) is 24.8. The predicted molar refractivity (Wildman–Crippen MR) is 412 cm³/mol. The first kappa shape index (κ1) is 66.6. The Balaban J connectivity index is 0.000000130. The highest BCUT2D eigenvalue weighted by molar-refractivity contribution is 7.94. The molecule has 0 saturated carbocycles. The van der Waals surface area contributed by atoms with Crippen molar-refractivity contribution < 1.29 is 104 Å². The molecule has 116 heavy (non-hydrogen) atoms. The third kappa shape index (κ3) is 7.79. The molecule has 14 aromatic carbocycles. The Kier molecular flexibility index (Phi) is 11.5. The van der Waals surface area contributed by atoms with E-state index in [-0.39, 0.29) is 228 Å². The molecule has 0 radical (unpaired) electrons. The number of hydrogen-bond acceptors (Lipinski definition) is 30.